The first-order valence-electron chi connectivity index (χ1n) is 9.31. The summed E-state index contributed by atoms with van der Waals surface area (Å²) in [6.45, 7) is 1.03. The Bertz CT molecular complexity index is 792. The van der Waals surface area contributed by atoms with Gasteiger partial charge in [-0.25, -0.2) is 0 Å². The molecule has 7 heteroatoms. The third-order valence-electron chi connectivity index (χ3n) is 5.97. The lowest BCUT2D eigenvalue weighted by atomic mass is 9.81. The van der Waals surface area contributed by atoms with E-state index in [1.54, 1.807) is 12.1 Å². The van der Waals surface area contributed by atoms with Crippen LogP contribution in [-0.4, -0.2) is 41.7 Å². The molecule has 3 amide bonds. The number of nitrogens with one attached hydrogen (secondary N) is 1. The van der Waals surface area contributed by atoms with Crippen LogP contribution in [0.1, 0.15) is 24.8 Å². The highest BCUT2D eigenvalue weighted by atomic mass is 16.5. The van der Waals surface area contributed by atoms with E-state index < -0.39 is 25.0 Å². The first kappa shape index (κ1) is 17.7. The smallest absolute Gasteiger partial charge is 0.326 e. The summed E-state index contributed by atoms with van der Waals surface area (Å²) in [6.07, 6.45) is 2.93. The van der Waals surface area contributed by atoms with Gasteiger partial charge in [-0.1, -0.05) is 12.1 Å². The molecular formula is C20H22N2O5. The van der Waals surface area contributed by atoms with Crippen LogP contribution in [0.2, 0.25) is 0 Å². The van der Waals surface area contributed by atoms with Gasteiger partial charge in [0.1, 0.15) is 6.54 Å². The Hall–Kier alpha value is -2.70. The summed E-state index contributed by atoms with van der Waals surface area (Å²) in [5, 5.41) is 2.64. The summed E-state index contributed by atoms with van der Waals surface area (Å²) < 4.78 is 4.96. The number of rotatable bonds is 5. The molecule has 4 atom stereocenters. The van der Waals surface area contributed by atoms with Gasteiger partial charge in [0, 0.05) is 5.69 Å². The van der Waals surface area contributed by atoms with E-state index in [-0.39, 0.29) is 35.5 Å². The second-order valence-corrected chi connectivity index (χ2v) is 7.73. The van der Waals surface area contributed by atoms with Crippen LogP contribution in [0.4, 0.5) is 5.69 Å². The number of aryl methyl sites for hydroxylation is 1. The number of fused-ring (bicyclic) bond motifs is 5. The normalized spacial score (nSPS) is 28.4. The third-order valence-corrected chi connectivity index (χ3v) is 5.97. The molecule has 3 aliphatic rings. The highest BCUT2D eigenvalue weighted by molar-refractivity contribution is 6.07. The van der Waals surface area contributed by atoms with Crippen molar-refractivity contribution in [3.05, 3.63) is 29.8 Å². The summed E-state index contributed by atoms with van der Waals surface area (Å²) >= 11 is 0. The summed E-state index contributed by atoms with van der Waals surface area (Å²) in [4.78, 5) is 50.1. The fourth-order valence-corrected chi connectivity index (χ4v) is 4.87. The van der Waals surface area contributed by atoms with E-state index in [1.807, 2.05) is 19.1 Å². The van der Waals surface area contributed by atoms with E-state index in [4.69, 9.17) is 4.74 Å². The van der Waals surface area contributed by atoms with Gasteiger partial charge in [0.2, 0.25) is 11.8 Å². The monoisotopic (exact) mass is 370 g/mol. The molecule has 0 aromatic heterocycles. The SMILES string of the molecule is Cc1cccc(NC(=O)COC(=O)CN2C(=O)[C@@H]3[C@H]4CC[C@@H](C4)[C@H]3C2=O)c1. The van der Waals surface area contributed by atoms with Gasteiger partial charge in [-0.3, -0.25) is 24.1 Å². The maximum atomic E-state index is 12.6. The second kappa shape index (κ2) is 6.79. The molecule has 1 aromatic rings. The molecule has 3 fully saturated rings. The minimum Gasteiger partial charge on any atom is -0.454 e. The minimum atomic E-state index is -0.747. The molecular weight excluding hydrogens is 348 g/mol. The summed E-state index contributed by atoms with van der Waals surface area (Å²) in [6, 6.07) is 7.25. The maximum Gasteiger partial charge on any atom is 0.326 e. The van der Waals surface area contributed by atoms with Crippen LogP contribution >= 0.6 is 0 Å². The number of hydrogen-bond donors (Lipinski definition) is 1. The predicted molar refractivity (Wildman–Crippen MR) is 95.3 cm³/mol. The Kier molecular flexibility index (Phi) is 4.45. The number of ether oxygens (including phenoxy) is 1. The number of nitrogens with zero attached hydrogens (tertiary/aromatic N) is 1. The lowest BCUT2D eigenvalue weighted by Gasteiger charge is -2.19. The number of carbonyl (C=O) groups excluding carboxylic acids is 4. The van der Waals surface area contributed by atoms with Crippen LogP contribution in [0, 0.1) is 30.6 Å². The summed E-state index contributed by atoms with van der Waals surface area (Å²) in [5.74, 6) is -1.68. The number of imide groups is 1. The van der Waals surface area contributed by atoms with Gasteiger partial charge in [0.05, 0.1) is 11.8 Å². The largest absolute Gasteiger partial charge is 0.454 e. The molecule has 1 aliphatic heterocycles. The molecule has 7 nitrogen and oxygen atoms in total. The van der Waals surface area contributed by atoms with Gasteiger partial charge < -0.3 is 10.1 Å². The Labute approximate surface area is 157 Å². The minimum absolute atomic E-state index is 0.252. The molecule has 4 rings (SSSR count). The first-order valence-corrected chi connectivity index (χ1v) is 9.31. The molecule has 2 aliphatic carbocycles. The number of likely N-dealkylation sites (tertiary alicyclic amines) is 1. The molecule has 0 radical (unpaired) electrons. The van der Waals surface area contributed by atoms with Crippen molar-refractivity contribution in [3.8, 4) is 0 Å². The number of hydrogen-bond acceptors (Lipinski definition) is 5. The zero-order valence-electron chi connectivity index (χ0n) is 15.1. The van der Waals surface area contributed by atoms with Gasteiger partial charge >= 0.3 is 5.97 Å². The zero-order valence-corrected chi connectivity index (χ0v) is 15.1. The van der Waals surface area contributed by atoms with E-state index >= 15 is 0 Å². The van der Waals surface area contributed by atoms with Gasteiger partial charge in [0.15, 0.2) is 6.61 Å². The molecule has 1 saturated heterocycles. The van der Waals surface area contributed by atoms with E-state index in [0.717, 1.165) is 29.7 Å². The lowest BCUT2D eigenvalue weighted by molar-refractivity contribution is -0.154. The van der Waals surface area contributed by atoms with Crippen molar-refractivity contribution in [2.45, 2.75) is 26.2 Å². The first-order chi connectivity index (χ1) is 12.9. The van der Waals surface area contributed by atoms with E-state index in [2.05, 4.69) is 5.32 Å². The number of benzene rings is 1. The van der Waals surface area contributed by atoms with Crippen LogP contribution in [0.3, 0.4) is 0 Å². The topological polar surface area (TPSA) is 92.8 Å². The predicted octanol–water partition coefficient (Wildman–Crippen LogP) is 1.51. The van der Waals surface area contributed by atoms with Crippen LogP contribution in [0.5, 0.6) is 0 Å². The van der Waals surface area contributed by atoms with Crippen molar-refractivity contribution in [2.24, 2.45) is 23.7 Å². The lowest BCUT2D eigenvalue weighted by Crippen LogP contribution is -2.38. The fourth-order valence-electron chi connectivity index (χ4n) is 4.87. The van der Waals surface area contributed by atoms with E-state index in [0.29, 0.717) is 5.69 Å². The van der Waals surface area contributed by atoms with Gasteiger partial charge in [-0.15, -0.1) is 0 Å². The third kappa shape index (κ3) is 3.22. The maximum absolute atomic E-state index is 12.6. The van der Waals surface area contributed by atoms with Crippen LogP contribution in [0.25, 0.3) is 0 Å². The zero-order chi connectivity index (χ0) is 19.1. The number of esters is 1. The van der Waals surface area contributed by atoms with E-state index in [1.165, 1.54) is 0 Å². The number of carbonyl (C=O) groups is 4. The molecule has 2 saturated carbocycles. The molecule has 1 N–H and O–H groups in total. The average Bonchev–Trinajstić information content (AvgIpc) is 3.30. The Morgan fingerprint density at radius 1 is 1.15 bits per heavy atom. The molecule has 0 unspecified atom stereocenters. The quantitative estimate of drug-likeness (QED) is 0.626. The van der Waals surface area contributed by atoms with Crippen molar-refractivity contribution in [2.75, 3.05) is 18.5 Å². The Balaban J connectivity index is 1.29. The van der Waals surface area contributed by atoms with Crippen LogP contribution in [-0.2, 0) is 23.9 Å². The van der Waals surface area contributed by atoms with Crippen molar-refractivity contribution in [3.63, 3.8) is 0 Å². The second-order valence-electron chi connectivity index (χ2n) is 7.73. The highest BCUT2D eigenvalue weighted by Gasteiger charge is 2.61. The Morgan fingerprint density at radius 2 is 1.81 bits per heavy atom. The molecule has 1 heterocycles. The molecule has 142 valence electrons. The van der Waals surface area contributed by atoms with Gasteiger partial charge in [-0.2, -0.15) is 0 Å². The molecule has 0 spiro atoms. The average molecular weight is 370 g/mol. The molecule has 27 heavy (non-hydrogen) atoms. The van der Waals surface area contributed by atoms with Crippen LogP contribution < -0.4 is 5.32 Å². The van der Waals surface area contributed by atoms with Crippen LogP contribution in [0.15, 0.2) is 24.3 Å². The molecule has 1 aromatic carbocycles. The standard InChI is InChI=1S/C20H22N2O5/c1-11-3-2-4-14(7-11)21-15(23)10-27-16(24)9-22-19(25)17-12-5-6-13(8-12)18(17)20(22)26/h2-4,7,12-13,17-18H,5-6,8-10H2,1H3,(H,21,23)/t12-,13-,17+,18+/m0/s1. The van der Waals surface area contributed by atoms with Crippen molar-refractivity contribution >= 4 is 29.4 Å². The molecule has 2 bridgehead atoms. The highest BCUT2D eigenvalue weighted by Crippen LogP contribution is 2.56. The summed E-state index contributed by atoms with van der Waals surface area (Å²) in [7, 11) is 0. The number of amides is 3. The number of anilines is 1. The van der Waals surface area contributed by atoms with Gasteiger partial charge in [-0.05, 0) is 55.7 Å². The summed E-state index contributed by atoms with van der Waals surface area (Å²) in [5.41, 5.74) is 1.61. The van der Waals surface area contributed by atoms with Crippen molar-refractivity contribution < 1.29 is 23.9 Å². The van der Waals surface area contributed by atoms with E-state index in [9.17, 15) is 19.2 Å². The fraction of sp³-hybridized carbons (Fsp3) is 0.500. The van der Waals surface area contributed by atoms with Gasteiger partial charge in [0.25, 0.3) is 5.91 Å². The Morgan fingerprint density at radius 3 is 2.44 bits per heavy atom. The van der Waals surface area contributed by atoms with Crippen molar-refractivity contribution in [1.82, 2.24) is 4.90 Å². The van der Waals surface area contributed by atoms with Crippen molar-refractivity contribution in [1.29, 1.82) is 0 Å².